The van der Waals surface area contributed by atoms with E-state index in [9.17, 15) is 9.90 Å². The second-order valence-electron chi connectivity index (χ2n) is 3.58. The minimum atomic E-state index is -0.485. The molecule has 0 spiro atoms. The monoisotopic (exact) mass is 286 g/mol. The van der Waals surface area contributed by atoms with Gasteiger partial charge in [0.2, 0.25) is 0 Å². The lowest BCUT2D eigenvalue weighted by atomic mass is 10.1. The lowest BCUT2D eigenvalue weighted by Gasteiger charge is -2.09. The van der Waals surface area contributed by atoms with Crippen LogP contribution >= 0.6 is 15.9 Å². The van der Waals surface area contributed by atoms with Crippen LogP contribution in [-0.4, -0.2) is 17.7 Å². The van der Waals surface area contributed by atoms with E-state index >= 15 is 0 Å². The first-order valence-corrected chi connectivity index (χ1v) is 6.02. The van der Waals surface area contributed by atoms with Gasteiger partial charge in [0.05, 0.1) is 6.61 Å². The van der Waals surface area contributed by atoms with Crippen molar-refractivity contribution in [2.24, 2.45) is 0 Å². The molecule has 0 aliphatic carbocycles. The molecule has 1 rings (SSSR count). The van der Waals surface area contributed by atoms with Gasteiger partial charge in [0.1, 0.15) is 11.3 Å². The van der Waals surface area contributed by atoms with Crippen LogP contribution in [0.2, 0.25) is 0 Å². The Morgan fingerprint density at radius 1 is 1.50 bits per heavy atom. The first kappa shape index (κ1) is 13.0. The topological polar surface area (TPSA) is 46.5 Å². The normalized spacial score (nSPS) is 10.2. The number of hydrogen-bond donors (Lipinski definition) is 1. The maximum Gasteiger partial charge on any atom is 0.343 e. The highest BCUT2D eigenvalue weighted by Gasteiger charge is 2.17. The molecule has 4 heteroatoms. The molecule has 0 heterocycles. The summed E-state index contributed by atoms with van der Waals surface area (Å²) in [5, 5.41) is 9.77. The van der Waals surface area contributed by atoms with Gasteiger partial charge in [-0.1, -0.05) is 19.4 Å². The standard InChI is InChI=1S/C12H15BrO3/c1-3-4-7-16-12(15)10-9(13)6-5-8(2)11(10)14/h5-6,14H,3-4,7H2,1-2H3. The zero-order chi connectivity index (χ0) is 12.1. The van der Waals surface area contributed by atoms with Gasteiger partial charge in [-0.05, 0) is 40.9 Å². The highest BCUT2D eigenvalue weighted by atomic mass is 79.9. The smallest absolute Gasteiger partial charge is 0.343 e. The van der Waals surface area contributed by atoms with Crippen LogP contribution in [0.1, 0.15) is 35.7 Å². The molecular formula is C12H15BrO3. The van der Waals surface area contributed by atoms with E-state index in [4.69, 9.17) is 4.74 Å². The van der Waals surface area contributed by atoms with Crippen LogP contribution in [0.3, 0.4) is 0 Å². The molecule has 16 heavy (non-hydrogen) atoms. The van der Waals surface area contributed by atoms with E-state index in [2.05, 4.69) is 15.9 Å². The van der Waals surface area contributed by atoms with Crippen LogP contribution < -0.4 is 0 Å². The van der Waals surface area contributed by atoms with E-state index in [1.54, 1.807) is 19.1 Å². The van der Waals surface area contributed by atoms with Crippen molar-refractivity contribution in [1.29, 1.82) is 0 Å². The number of hydrogen-bond acceptors (Lipinski definition) is 3. The van der Waals surface area contributed by atoms with Gasteiger partial charge in [-0.2, -0.15) is 0 Å². The third-order valence-electron chi connectivity index (χ3n) is 2.26. The second kappa shape index (κ2) is 5.89. The molecule has 88 valence electrons. The molecule has 1 N–H and O–H groups in total. The molecule has 1 aromatic carbocycles. The van der Waals surface area contributed by atoms with Crippen molar-refractivity contribution in [2.75, 3.05) is 6.61 Å². The molecule has 0 atom stereocenters. The largest absolute Gasteiger partial charge is 0.507 e. The molecule has 0 saturated heterocycles. The fraction of sp³-hybridized carbons (Fsp3) is 0.417. The molecule has 0 aromatic heterocycles. The first-order valence-electron chi connectivity index (χ1n) is 5.23. The molecule has 3 nitrogen and oxygen atoms in total. The quantitative estimate of drug-likeness (QED) is 0.681. The number of phenols is 1. The zero-order valence-corrected chi connectivity index (χ0v) is 11.0. The summed E-state index contributed by atoms with van der Waals surface area (Å²) >= 11 is 3.23. The molecule has 0 radical (unpaired) electrons. The molecular weight excluding hydrogens is 272 g/mol. The van der Waals surface area contributed by atoms with Crippen molar-refractivity contribution in [3.8, 4) is 5.75 Å². The van der Waals surface area contributed by atoms with Gasteiger partial charge in [-0.3, -0.25) is 0 Å². The number of carbonyl (C=O) groups excluding carboxylic acids is 1. The molecule has 0 bridgehead atoms. The van der Waals surface area contributed by atoms with Crippen LogP contribution in [0.15, 0.2) is 16.6 Å². The molecule has 0 aliphatic heterocycles. The number of phenolic OH excluding ortho intramolecular Hbond substituents is 1. The Bertz CT molecular complexity index is 388. The van der Waals surface area contributed by atoms with Gasteiger partial charge in [0.15, 0.2) is 0 Å². The Kier molecular flexibility index (Phi) is 4.80. The Labute approximate surface area is 104 Å². The van der Waals surface area contributed by atoms with E-state index in [1.165, 1.54) is 0 Å². The van der Waals surface area contributed by atoms with Crippen molar-refractivity contribution in [1.82, 2.24) is 0 Å². The number of carbonyl (C=O) groups is 1. The number of aryl methyl sites for hydroxylation is 1. The number of unbranched alkanes of at least 4 members (excludes halogenated alkanes) is 1. The Hall–Kier alpha value is -1.03. The van der Waals surface area contributed by atoms with Gasteiger partial charge in [-0.25, -0.2) is 4.79 Å². The lowest BCUT2D eigenvalue weighted by Crippen LogP contribution is -2.08. The highest BCUT2D eigenvalue weighted by Crippen LogP contribution is 2.29. The van der Waals surface area contributed by atoms with Gasteiger partial charge in [-0.15, -0.1) is 0 Å². The minimum absolute atomic E-state index is 0.0177. The average molecular weight is 287 g/mol. The SMILES string of the molecule is CCCCOC(=O)c1c(Br)ccc(C)c1O. The van der Waals surface area contributed by atoms with E-state index in [1.807, 2.05) is 6.92 Å². The predicted molar refractivity (Wildman–Crippen MR) is 65.7 cm³/mol. The highest BCUT2D eigenvalue weighted by molar-refractivity contribution is 9.10. The van der Waals surface area contributed by atoms with Gasteiger partial charge >= 0.3 is 5.97 Å². The van der Waals surface area contributed by atoms with E-state index in [0.29, 0.717) is 16.6 Å². The maximum atomic E-state index is 11.7. The molecule has 0 amide bonds. The number of halogens is 1. The van der Waals surface area contributed by atoms with Crippen molar-refractivity contribution < 1.29 is 14.6 Å². The van der Waals surface area contributed by atoms with E-state index in [0.717, 1.165) is 12.8 Å². The van der Waals surface area contributed by atoms with E-state index in [-0.39, 0.29) is 11.3 Å². The van der Waals surface area contributed by atoms with Crippen LogP contribution in [-0.2, 0) is 4.74 Å². The number of ether oxygens (including phenoxy) is 1. The number of benzene rings is 1. The molecule has 0 aliphatic rings. The number of aromatic hydroxyl groups is 1. The third-order valence-corrected chi connectivity index (χ3v) is 2.92. The van der Waals surface area contributed by atoms with E-state index < -0.39 is 5.97 Å². The Morgan fingerprint density at radius 2 is 2.19 bits per heavy atom. The maximum absolute atomic E-state index is 11.7. The average Bonchev–Trinajstić information content (AvgIpc) is 2.24. The molecule has 0 fully saturated rings. The van der Waals surface area contributed by atoms with Crippen molar-refractivity contribution in [3.63, 3.8) is 0 Å². The fourth-order valence-corrected chi connectivity index (χ4v) is 1.73. The summed E-state index contributed by atoms with van der Waals surface area (Å²) in [5.41, 5.74) is 0.863. The van der Waals surface area contributed by atoms with Crippen LogP contribution in [0.25, 0.3) is 0 Å². The van der Waals surface area contributed by atoms with Crippen molar-refractivity contribution >= 4 is 21.9 Å². The summed E-state index contributed by atoms with van der Waals surface area (Å²) in [6, 6.07) is 3.47. The fourth-order valence-electron chi connectivity index (χ4n) is 1.25. The molecule has 0 unspecified atom stereocenters. The van der Waals surface area contributed by atoms with Crippen molar-refractivity contribution in [2.45, 2.75) is 26.7 Å². The summed E-state index contributed by atoms with van der Waals surface area (Å²) in [6.45, 7) is 4.15. The second-order valence-corrected chi connectivity index (χ2v) is 4.43. The van der Waals surface area contributed by atoms with Gasteiger partial charge in [0, 0.05) is 4.47 Å². The third kappa shape index (κ3) is 2.98. The summed E-state index contributed by atoms with van der Waals surface area (Å²) < 4.78 is 5.61. The molecule has 1 aromatic rings. The lowest BCUT2D eigenvalue weighted by molar-refractivity contribution is 0.0495. The van der Waals surface area contributed by atoms with Crippen LogP contribution in [0.5, 0.6) is 5.75 Å². The van der Waals surface area contributed by atoms with Crippen molar-refractivity contribution in [3.05, 3.63) is 27.7 Å². The minimum Gasteiger partial charge on any atom is -0.507 e. The summed E-state index contributed by atoms with van der Waals surface area (Å²) in [7, 11) is 0. The van der Waals surface area contributed by atoms with Gasteiger partial charge in [0.25, 0.3) is 0 Å². The Morgan fingerprint density at radius 3 is 2.81 bits per heavy atom. The summed E-state index contributed by atoms with van der Waals surface area (Å²) in [5.74, 6) is -0.502. The van der Waals surface area contributed by atoms with Crippen LogP contribution in [0.4, 0.5) is 0 Å². The first-order chi connectivity index (χ1) is 7.57. The van der Waals surface area contributed by atoms with Gasteiger partial charge < -0.3 is 9.84 Å². The number of rotatable bonds is 4. The zero-order valence-electron chi connectivity index (χ0n) is 9.42. The molecule has 0 saturated carbocycles. The summed E-state index contributed by atoms with van der Waals surface area (Å²) in [6.07, 6.45) is 1.80. The number of esters is 1. The Balaban J connectivity index is 2.86. The van der Waals surface area contributed by atoms with Crippen LogP contribution in [0, 0.1) is 6.92 Å². The summed E-state index contributed by atoms with van der Waals surface area (Å²) in [4.78, 5) is 11.7. The predicted octanol–water partition coefficient (Wildman–Crippen LogP) is 3.42.